The highest BCUT2D eigenvalue weighted by molar-refractivity contribution is 6.10. The van der Waals surface area contributed by atoms with E-state index in [9.17, 15) is 13.6 Å². The molecule has 0 aromatic carbocycles. The van der Waals surface area contributed by atoms with Gasteiger partial charge in [0.2, 0.25) is 0 Å². The summed E-state index contributed by atoms with van der Waals surface area (Å²) in [5.74, 6) is -0.936. The molecule has 0 bridgehead atoms. The number of alkyl halides is 2. The predicted octanol–water partition coefficient (Wildman–Crippen LogP) is 4.06. The highest BCUT2D eigenvalue weighted by Gasteiger charge is 2.44. The number of piperidine rings is 1. The number of carbonyl (C=O) groups is 1. The predicted molar refractivity (Wildman–Crippen MR) is 156 cm³/mol. The number of halogens is 2. The minimum Gasteiger partial charge on any atom is -0.379 e. The van der Waals surface area contributed by atoms with Crippen molar-refractivity contribution in [3.8, 4) is 0 Å². The fourth-order valence-electron chi connectivity index (χ4n) is 6.60. The number of fused-ring (bicyclic) bond motifs is 1. The van der Waals surface area contributed by atoms with Gasteiger partial charge in [0.25, 0.3) is 11.8 Å². The molecule has 3 fully saturated rings. The van der Waals surface area contributed by atoms with E-state index < -0.39 is 11.8 Å². The van der Waals surface area contributed by atoms with Crippen LogP contribution in [-0.4, -0.2) is 74.3 Å². The number of anilines is 2. The molecule has 4 aliphatic rings. The lowest BCUT2D eigenvalue weighted by atomic mass is 9.75. The second kappa shape index (κ2) is 10.6. The van der Waals surface area contributed by atoms with E-state index in [4.69, 9.17) is 14.7 Å². The smallest absolute Gasteiger partial charge is 0.260 e. The van der Waals surface area contributed by atoms with Gasteiger partial charge >= 0.3 is 0 Å². The van der Waals surface area contributed by atoms with Crippen molar-refractivity contribution >= 4 is 17.5 Å². The third-order valence-electron chi connectivity index (χ3n) is 9.48. The van der Waals surface area contributed by atoms with Gasteiger partial charge in [-0.1, -0.05) is 6.92 Å². The van der Waals surface area contributed by atoms with Gasteiger partial charge in [0, 0.05) is 80.1 Å². The molecule has 2 saturated heterocycles. The zero-order valence-corrected chi connectivity index (χ0v) is 24.9. The standard InChI is InChI=1S/C31H38F2N8O2/c1-4-34-25-9-21(30(16-43-17-30)12-27-38-35-18-39(27)3)10-26(37-25)41-15-24-23(29(41)42)11-22(36-28(24)20-5-6-20)14-40-8-7-31(32,33)19(2)13-40/h9-11,18-20H,4-8,12-17H2,1-3H3,(H,34,37)/t19-/m1/s1. The molecule has 1 amide bonds. The van der Waals surface area contributed by atoms with E-state index in [1.807, 2.05) is 35.6 Å². The zero-order valence-electron chi connectivity index (χ0n) is 24.9. The number of nitrogens with zero attached hydrogens (tertiary/aromatic N) is 7. The molecular weight excluding hydrogens is 554 g/mol. The van der Waals surface area contributed by atoms with E-state index >= 15 is 0 Å². The molecule has 10 nitrogen and oxygen atoms in total. The molecule has 1 aliphatic carbocycles. The Hall–Kier alpha value is -3.51. The average Bonchev–Trinajstić information content (AvgIpc) is 3.64. The van der Waals surface area contributed by atoms with Crippen LogP contribution in [0.1, 0.15) is 77.7 Å². The fourth-order valence-corrected chi connectivity index (χ4v) is 6.60. The summed E-state index contributed by atoms with van der Waals surface area (Å²) in [6, 6.07) is 5.95. The molecule has 6 heterocycles. The van der Waals surface area contributed by atoms with Gasteiger partial charge in [0.1, 0.15) is 23.8 Å². The molecular formula is C31H38F2N8O2. The van der Waals surface area contributed by atoms with Crippen LogP contribution in [0.4, 0.5) is 20.4 Å². The molecule has 7 rings (SSSR count). The SMILES string of the molecule is CCNc1cc(C2(Cc3nncn3C)COC2)cc(N2Cc3c(cc(CN4CCC(F)(F)[C@H](C)C4)nc3C3CC3)C2=O)n1. The Balaban J connectivity index is 1.20. The van der Waals surface area contributed by atoms with Crippen LogP contribution in [0.3, 0.4) is 0 Å². The molecule has 1 atom stereocenters. The van der Waals surface area contributed by atoms with Crippen molar-refractivity contribution in [1.29, 1.82) is 0 Å². The van der Waals surface area contributed by atoms with Gasteiger partial charge in [0.15, 0.2) is 0 Å². The number of carbonyl (C=O) groups excluding carboxylic acids is 1. The van der Waals surface area contributed by atoms with Crippen molar-refractivity contribution in [2.45, 2.75) is 69.9 Å². The number of rotatable bonds is 9. The minimum absolute atomic E-state index is 0.0987. The number of ether oxygens (including phenoxy) is 1. The number of likely N-dealkylation sites (tertiary alicyclic amines) is 1. The Morgan fingerprint density at radius 2 is 1.98 bits per heavy atom. The third kappa shape index (κ3) is 5.18. The van der Waals surface area contributed by atoms with E-state index in [0.717, 1.165) is 41.2 Å². The maximum absolute atomic E-state index is 14.1. The Morgan fingerprint density at radius 1 is 1.16 bits per heavy atom. The number of pyridine rings is 2. The number of aryl methyl sites for hydroxylation is 1. The fraction of sp³-hybridized carbons (Fsp3) is 0.581. The normalized spacial score (nSPS) is 22.9. The molecule has 3 aliphatic heterocycles. The largest absolute Gasteiger partial charge is 0.379 e. The van der Waals surface area contributed by atoms with Crippen LogP contribution in [0.15, 0.2) is 24.5 Å². The summed E-state index contributed by atoms with van der Waals surface area (Å²) in [6.45, 7) is 6.91. The van der Waals surface area contributed by atoms with Crippen LogP contribution in [-0.2, 0) is 36.7 Å². The number of aromatic nitrogens is 5. The summed E-state index contributed by atoms with van der Waals surface area (Å²) in [5, 5.41) is 11.7. The van der Waals surface area contributed by atoms with Crippen molar-refractivity contribution in [3.63, 3.8) is 0 Å². The van der Waals surface area contributed by atoms with E-state index in [1.165, 1.54) is 0 Å². The van der Waals surface area contributed by atoms with Gasteiger partial charge in [-0.25, -0.2) is 13.8 Å². The highest BCUT2D eigenvalue weighted by Crippen LogP contribution is 2.45. The summed E-state index contributed by atoms with van der Waals surface area (Å²) < 4.78 is 35.9. The topological polar surface area (TPSA) is 101 Å². The maximum Gasteiger partial charge on any atom is 0.260 e. The molecule has 3 aromatic rings. The van der Waals surface area contributed by atoms with E-state index in [1.54, 1.807) is 18.2 Å². The van der Waals surface area contributed by atoms with Gasteiger partial charge in [0.05, 0.1) is 25.5 Å². The second-order valence-electron chi connectivity index (χ2n) is 12.8. The van der Waals surface area contributed by atoms with Crippen LogP contribution < -0.4 is 10.2 Å². The molecule has 0 unspecified atom stereocenters. The summed E-state index contributed by atoms with van der Waals surface area (Å²) in [4.78, 5) is 27.8. The Bertz CT molecular complexity index is 1550. The molecule has 12 heteroatoms. The molecule has 0 spiro atoms. The quantitative estimate of drug-likeness (QED) is 0.397. The summed E-state index contributed by atoms with van der Waals surface area (Å²) in [6.07, 6.45) is 4.30. The van der Waals surface area contributed by atoms with Crippen LogP contribution >= 0.6 is 0 Å². The summed E-state index contributed by atoms with van der Waals surface area (Å²) in [7, 11) is 1.94. The van der Waals surface area contributed by atoms with Crippen molar-refractivity contribution in [2.75, 3.05) is 43.1 Å². The molecule has 1 saturated carbocycles. The molecule has 228 valence electrons. The van der Waals surface area contributed by atoms with Crippen molar-refractivity contribution < 1.29 is 18.3 Å². The number of nitrogens with one attached hydrogen (secondary N) is 1. The number of hydrogen-bond donors (Lipinski definition) is 1. The lowest BCUT2D eigenvalue weighted by molar-refractivity contribution is -0.100. The first kappa shape index (κ1) is 28.3. The number of hydrogen-bond acceptors (Lipinski definition) is 8. The Morgan fingerprint density at radius 3 is 2.63 bits per heavy atom. The number of amides is 1. The molecule has 1 N–H and O–H groups in total. The zero-order chi connectivity index (χ0) is 29.9. The van der Waals surface area contributed by atoms with E-state index in [2.05, 4.69) is 21.6 Å². The minimum atomic E-state index is -2.64. The molecule has 43 heavy (non-hydrogen) atoms. The van der Waals surface area contributed by atoms with Crippen LogP contribution in [0.25, 0.3) is 0 Å². The Kier molecular flexibility index (Phi) is 6.96. The summed E-state index contributed by atoms with van der Waals surface area (Å²) in [5.41, 5.74) is 4.12. The van der Waals surface area contributed by atoms with E-state index in [0.29, 0.717) is 75.5 Å². The lowest BCUT2D eigenvalue weighted by Gasteiger charge is -2.42. The lowest BCUT2D eigenvalue weighted by Crippen LogP contribution is -2.49. The molecule has 0 radical (unpaired) electrons. The monoisotopic (exact) mass is 592 g/mol. The average molecular weight is 593 g/mol. The van der Waals surface area contributed by atoms with Gasteiger partial charge < -0.3 is 14.6 Å². The van der Waals surface area contributed by atoms with Gasteiger partial charge in [-0.3, -0.25) is 19.6 Å². The van der Waals surface area contributed by atoms with Crippen LogP contribution in [0.5, 0.6) is 0 Å². The van der Waals surface area contributed by atoms with Crippen molar-refractivity contribution in [1.82, 2.24) is 29.6 Å². The molecule has 3 aromatic heterocycles. The van der Waals surface area contributed by atoms with Crippen molar-refractivity contribution in [3.05, 3.63) is 58.4 Å². The highest BCUT2D eigenvalue weighted by atomic mass is 19.3. The van der Waals surface area contributed by atoms with Crippen LogP contribution in [0, 0.1) is 5.92 Å². The third-order valence-corrected chi connectivity index (χ3v) is 9.48. The van der Waals surface area contributed by atoms with Crippen LogP contribution in [0.2, 0.25) is 0 Å². The maximum atomic E-state index is 14.1. The second-order valence-corrected chi connectivity index (χ2v) is 12.8. The van der Waals surface area contributed by atoms with Crippen molar-refractivity contribution in [2.24, 2.45) is 13.0 Å². The van der Waals surface area contributed by atoms with E-state index in [-0.39, 0.29) is 17.7 Å². The first-order valence-electron chi connectivity index (χ1n) is 15.3. The first-order chi connectivity index (χ1) is 20.7. The summed E-state index contributed by atoms with van der Waals surface area (Å²) >= 11 is 0. The van der Waals surface area contributed by atoms with Gasteiger partial charge in [-0.15, -0.1) is 10.2 Å². The van der Waals surface area contributed by atoms with Gasteiger partial charge in [-0.2, -0.15) is 0 Å². The Labute approximate surface area is 249 Å². The first-order valence-corrected chi connectivity index (χ1v) is 15.3. The van der Waals surface area contributed by atoms with Gasteiger partial charge in [-0.05, 0) is 43.5 Å².